The summed E-state index contributed by atoms with van der Waals surface area (Å²) < 4.78 is 6.68. The van der Waals surface area contributed by atoms with Gasteiger partial charge in [0.15, 0.2) is 5.58 Å². The summed E-state index contributed by atoms with van der Waals surface area (Å²) >= 11 is 6.19. The number of benzene rings is 2. The lowest BCUT2D eigenvalue weighted by atomic mass is 10.2. The Morgan fingerprint density at radius 2 is 1.93 bits per heavy atom. The molecule has 136 valence electrons. The molecule has 2 aromatic heterocycles. The Labute approximate surface area is 158 Å². The molecule has 4 rings (SSSR count). The number of nitrogens with one attached hydrogen (secondary N) is 2. The van der Waals surface area contributed by atoms with E-state index in [1.165, 1.54) is 0 Å². The van der Waals surface area contributed by atoms with E-state index in [4.69, 9.17) is 16.0 Å². The minimum atomic E-state index is -0.534. The zero-order valence-electron chi connectivity index (χ0n) is 14.5. The van der Waals surface area contributed by atoms with E-state index in [1.54, 1.807) is 47.1 Å². The summed E-state index contributed by atoms with van der Waals surface area (Å²) in [6, 6.07) is 12.0. The Hall–Kier alpha value is -3.32. The van der Waals surface area contributed by atoms with Crippen LogP contribution in [0.15, 0.2) is 51.7 Å². The maximum Gasteiger partial charge on any atom is 0.417 e. The van der Waals surface area contributed by atoms with Gasteiger partial charge in [-0.25, -0.2) is 9.48 Å². The van der Waals surface area contributed by atoms with Crippen molar-refractivity contribution in [2.24, 2.45) is 0 Å². The number of anilines is 1. The molecule has 0 saturated heterocycles. The molecule has 1 amide bonds. The number of oxazole rings is 1. The molecule has 2 heterocycles. The van der Waals surface area contributed by atoms with Crippen LogP contribution >= 0.6 is 11.6 Å². The number of carbonyl (C=O) groups excluding carboxylic acids is 1. The van der Waals surface area contributed by atoms with Gasteiger partial charge in [0.1, 0.15) is 0 Å². The van der Waals surface area contributed by atoms with Crippen molar-refractivity contribution in [3.8, 4) is 5.69 Å². The van der Waals surface area contributed by atoms with Crippen LogP contribution in [0.3, 0.4) is 0 Å². The Bertz CT molecular complexity index is 1220. The van der Waals surface area contributed by atoms with Crippen LogP contribution in [-0.4, -0.2) is 20.7 Å². The second-order valence-corrected chi connectivity index (χ2v) is 6.50. The van der Waals surface area contributed by atoms with E-state index in [-0.39, 0.29) is 5.91 Å². The summed E-state index contributed by atoms with van der Waals surface area (Å²) in [6.45, 7) is 3.73. The number of halogens is 1. The van der Waals surface area contributed by atoms with Crippen molar-refractivity contribution < 1.29 is 9.21 Å². The number of rotatable bonds is 3. The van der Waals surface area contributed by atoms with Gasteiger partial charge in [-0.05, 0) is 56.3 Å². The van der Waals surface area contributed by atoms with Gasteiger partial charge in [-0.3, -0.25) is 9.78 Å². The van der Waals surface area contributed by atoms with E-state index < -0.39 is 5.76 Å². The highest BCUT2D eigenvalue weighted by Gasteiger charge is 2.12. The molecule has 8 heteroatoms. The molecular formula is C19H15ClN4O3. The fourth-order valence-corrected chi connectivity index (χ4v) is 2.98. The van der Waals surface area contributed by atoms with Crippen LogP contribution in [0.5, 0.6) is 0 Å². The molecule has 4 aromatic rings. The van der Waals surface area contributed by atoms with Gasteiger partial charge in [0.2, 0.25) is 0 Å². The first kappa shape index (κ1) is 17.1. The molecule has 7 nitrogen and oxygen atoms in total. The largest absolute Gasteiger partial charge is 0.417 e. The smallest absolute Gasteiger partial charge is 0.408 e. The maximum atomic E-state index is 12.5. The van der Waals surface area contributed by atoms with Crippen molar-refractivity contribution >= 4 is 34.3 Å². The number of nitrogens with zero attached hydrogens (tertiary/aromatic N) is 2. The molecule has 2 N–H and O–H groups in total. The molecule has 0 saturated carbocycles. The van der Waals surface area contributed by atoms with Crippen molar-refractivity contribution in [1.29, 1.82) is 0 Å². The predicted molar refractivity (Wildman–Crippen MR) is 103 cm³/mol. The molecule has 0 atom stereocenters. The molecule has 0 aliphatic carbocycles. The van der Waals surface area contributed by atoms with Crippen LogP contribution in [0, 0.1) is 13.8 Å². The summed E-state index contributed by atoms with van der Waals surface area (Å²) in [4.78, 5) is 26.2. The third-order valence-electron chi connectivity index (χ3n) is 4.25. The summed E-state index contributed by atoms with van der Waals surface area (Å²) in [5.74, 6) is -0.800. The first-order chi connectivity index (χ1) is 12.9. The number of aryl methyl sites for hydroxylation is 1. The molecule has 0 unspecified atom stereocenters. The van der Waals surface area contributed by atoms with Crippen LogP contribution < -0.4 is 11.1 Å². The lowest BCUT2D eigenvalue weighted by Crippen LogP contribution is -2.12. The van der Waals surface area contributed by atoms with E-state index in [9.17, 15) is 9.59 Å². The Morgan fingerprint density at radius 3 is 2.59 bits per heavy atom. The summed E-state index contributed by atoms with van der Waals surface area (Å²) in [7, 11) is 0. The van der Waals surface area contributed by atoms with E-state index in [0.717, 1.165) is 17.1 Å². The Balaban J connectivity index is 1.56. The Morgan fingerprint density at radius 1 is 1.19 bits per heavy atom. The van der Waals surface area contributed by atoms with E-state index >= 15 is 0 Å². The van der Waals surface area contributed by atoms with Gasteiger partial charge in [0.05, 0.1) is 27.6 Å². The zero-order chi connectivity index (χ0) is 19.1. The van der Waals surface area contributed by atoms with Gasteiger partial charge in [-0.2, -0.15) is 5.10 Å². The summed E-state index contributed by atoms with van der Waals surface area (Å²) in [5, 5.41) is 7.83. The summed E-state index contributed by atoms with van der Waals surface area (Å²) in [6.07, 6.45) is 0. The minimum Gasteiger partial charge on any atom is -0.408 e. The van der Waals surface area contributed by atoms with Crippen LogP contribution in [0.4, 0.5) is 5.69 Å². The lowest BCUT2D eigenvalue weighted by molar-refractivity contribution is 0.102. The normalized spacial score (nSPS) is 11.1. The first-order valence-electron chi connectivity index (χ1n) is 8.19. The highest BCUT2D eigenvalue weighted by atomic mass is 35.5. The van der Waals surface area contributed by atoms with E-state index in [0.29, 0.717) is 27.4 Å². The molecule has 0 spiro atoms. The van der Waals surface area contributed by atoms with Gasteiger partial charge in [0.25, 0.3) is 5.91 Å². The topological polar surface area (TPSA) is 92.9 Å². The van der Waals surface area contributed by atoms with Crippen LogP contribution in [0.2, 0.25) is 5.02 Å². The number of H-pyrrole nitrogens is 1. The number of fused-ring (bicyclic) bond motifs is 1. The molecule has 0 fully saturated rings. The fourth-order valence-electron chi connectivity index (χ4n) is 2.86. The van der Waals surface area contributed by atoms with Gasteiger partial charge >= 0.3 is 5.76 Å². The van der Waals surface area contributed by atoms with E-state index in [1.807, 2.05) is 13.8 Å². The van der Waals surface area contributed by atoms with Crippen molar-refractivity contribution in [3.05, 3.63) is 75.0 Å². The average Bonchev–Trinajstić information content (AvgIpc) is 3.15. The monoisotopic (exact) mass is 382 g/mol. The first-order valence-corrected chi connectivity index (χ1v) is 8.56. The number of aromatic amines is 1. The van der Waals surface area contributed by atoms with Crippen molar-refractivity contribution in [2.45, 2.75) is 13.8 Å². The number of hydrogen-bond donors (Lipinski definition) is 2. The second-order valence-electron chi connectivity index (χ2n) is 6.12. The third kappa shape index (κ3) is 3.13. The van der Waals surface area contributed by atoms with Gasteiger partial charge in [0, 0.05) is 11.3 Å². The highest BCUT2D eigenvalue weighted by molar-refractivity contribution is 6.31. The van der Waals surface area contributed by atoms with Gasteiger partial charge in [-0.15, -0.1) is 0 Å². The molecule has 0 aliphatic rings. The Kier molecular flexibility index (Phi) is 4.08. The second kappa shape index (κ2) is 6.44. The summed E-state index contributed by atoms with van der Waals surface area (Å²) in [5.41, 5.74) is 4.42. The van der Waals surface area contributed by atoms with Crippen LogP contribution in [0.1, 0.15) is 21.7 Å². The fraction of sp³-hybridized carbons (Fsp3) is 0.105. The molecule has 0 aliphatic heterocycles. The number of hydrogen-bond acceptors (Lipinski definition) is 4. The standard InChI is InChI=1S/C19H15ClN4O3/c1-10-17(20)11(2)24(23-10)14-6-3-12(4-7-14)18(25)21-13-5-8-16-15(9-13)22-19(26)27-16/h3-9H,1-2H3,(H,21,25)(H,22,26). The predicted octanol–water partition coefficient (Wildman–Crippen LogP) is 3.83. The number of amides is 1. The van der Waals surface area contributed by atoms with Gasteiger partial charge in [-0.1, -0.05) is 11.6 Å². The SMILES string of the molecule is Cc1nn(-c2ccc(C(=O)Nc3ccc4oc(=O)[nH]c4c3)cc2)c(C)c1Cl. The van der Waals surface area contributed by atoms with Crippen molar-refractivity contribution in [2.75, 3.05) is 5.32 Å². The molecule has 27 heavy (non-hydrogen) atoms. The van der Waals surface area contributed by atoms with Crippen LogP contribution in [0.25, 0.3) is 16.8 Å². The van der Waals surface area contributed by atoms with Crippen molar-refractivity contribution in [1.82, 2.24) is 14.8 Å². The molecule has 0 bridgehead atoms. The van der Waals surface area contributed by atoms with Crippen molar-refractivity contribution in [3.63, 3.8) is 0 Å². The van der Waals surface area contributed by atoms with E-state index in [2.05, 4.69) is 15.4 Å². The number of aromatic nitrogens is 3. The minimum absolute atomic E-state index is 0.266. The quantitative estimate of drug-likeness (QED) is 0.563. The van der Waals surface area contributed by atoms with Gasteiger partial charge < -0.3 is 9.73 Å². The lowest BCUT2D eigenvalue weighted by Gasteiger charge is -2.07. The highest BCUT2D eigenvalue weighted by Crippen LogP contribution is 2.23. The third-order valence-corrected chi connectivity index (χ3v) is 4.80. The average molecular weight is 383 g/mol. The molecular weight excluding hydrogens is 368 g/mol. The van der Waals surface area contributed by atoms with Crippen LogP contribution in [-0.2, 0) is 0 Å². The molecule has 2 aromatic carbocycles. The maximum absolute atomic E-state index is 12.5. The zero-order valence-corrected chi connectivity index (χ0v) is 15.3. The molecule has 0 radical (unpaired) electrons. The number of carbonyl (C=O) groups is 1.